The Kier molecular flexibility index (Phi) is 5.20. The van der Waals surface area contributed by atoms with Crippen molar-refractivity contribution in [2.45, 2.75) is 20.3 Å². The number of hydrogen-bond acceptors (Lipinski definition) is 4. The first-order valence-corrected chi connectivity index (χ1v) is 7.63. The van der Waals surface area contributed by atoms with Gasteiger partial charge < -0.3 is 10.6 Å². The number of hydrogen-bond donors (Lipinski definition) is 2. The molecule has 2 N–H and O–H groups in total. The predicted octanol–water partition coefficient (Wildman–Crippen LogP) is 4.63. The van der Waals surface area contributed by atoms with Crippen molar-refractivity contribution in [2.24, 2.45) is 0 Å². The Bertz CT molecular complexity index is 604. The van der Waals surface area contributed by atoms with Crippen LogP contribution < -0.4 is 10.6 Å². The maximum atomic E-state index is 6.15. The van der Waals surface area contributed by atoms with Gasteiger partial charge in [0.25, 0.3) is 0 Å². The number of nitrogens with one attached hydrogen (secondary N) is 2. The molecule has 0 saturated carbocycles. The zero-order valence-corrected chi connectivity index (χ0v) is 13.7. The number of halogens is 2. The number of nitrogens with zero attached hydrogens (tertiary/aromatic N) is 2. The first kappa shape index (κ1) is 15.1. The van der Waals surface area contributed by atoms with Gasteiger partial charge in [-0.2, -0.15) is 4.98 Å². The van der Waals surface area contributed by atoms with Gasteiger partial charge in [-0.25, -0.2) is 4.98 Å². The van der Waals surface area contributed by atoms with Gasteiger partial charge in [-0.3, -0.25) is 0 Å². The molecule has 0 atom stereocenters. The van der Waals surface area contributed by atoms with Crippen LogP contribution in [0.5, 0.6) is 0 Å². The topological polar surface area (TPSA) is 49.8 Å². The van der Waals surface area contributed by atoms with Crippen molar-refractivity contribution in [3.63, 3.8) is 0 Å². The van der Waals surface area contributed by atoms with Crippen LogP contribution in [0.3, 0.4) is 0 Å². The van der Waals surface area contributed by atoms with Crippen molar-refractivity contribution in [1.82, 2.24) is 9.97 Å². The van der Waals surface area contributed by atoms with E-state index in [0.29, 0.717) is 16.8 Å². The monoisotopic (exact) mass is 354 g/mol. The fourth-order valence-electron chi connectivity index (χ4n) is 1.80. The zero-order valence-electron chi connectivity index (χ0n) is 11.4. The normalized spacial score (nSPS) is 10.4. The largest absolute Gasteiger partial charge is 0.354 e. The van der Waals surface area contributed by atoms with Crippen molar-refractivity contribution in [1.29, 1.82) is 0 Å². The van der Waals surface area contributed by atoms with Gasteiger partial charge >= 0.3 is 0 Å². The molecule has 106 valence electrons. The van der Waals surface area contributed by atoms with E-state index in [1.54, 1.807) is 6.20 Å². The molecule has 20 heavy (non-hydrogen) atoms. The van der Waals surface area contributed by atoms with Crippen LogP contribution in [0, 0.1) is 0 Å². The van der Waals surface area contributed by atoms with E-state index in [4.69, 9.17) is 11.6 Å². The first-order valence-electron chi connectivity index (χ1n) is 6.46. The summed E-state index contributed by atoms with van der Waals surface area (Å²) in [5, 5.41) is 6.84. The van der Waals surface area contributed by atoms with E-state index >= 15 is 0 Å². The zero-order chi connectivity index (χ0) is 14.5. The molecule has 0 fully saturated rings. The maximum Gasteiger partial charge on any atom is 0.224 e. The molecule has 2 rings (SSSR count). The second-order valence-electron chi connectivity index (χ2n) is 4.20. The van der Waals surface area contributed by atoms with Crippen LogP contribution in [0.1, 0.15) is 19.4 Å². The summed E-state index contributed by atoms with van der Waals surface area (Å²) in [5.41, 5.74) is 2.19. The van der Waals surface area contributed by atoms with E-state index in [-0.39, 0.29) is 0 Å². The Morgan fingerprint density at radius 1 is 1.30 bits per heavy atom. The molecule has 0 aliphatic heterocycles. The van der Waals surface area contributed by atoms with E-state index in [0.717, 1.165) is 23.1 Å². The lowest BCUT2D eigenvalue weighted by molar-refractivity contribution is 1.08. The minimum absolute atomic E-state index is 0.497. The molecule has 1 heterocycles. The summed E-state index contributed by atoms with van der Waals surface area (Å²) in [7, 11) is 0. The maximum absolute atomic E-state index is 6.15. The van der Waals surface area contributed by atoms with Crippen LogP contribution in [-0.4, -0.2) is 16.5 Å². The highest BCUT2D eigenvalue weighted by atomic mass is 79.9. The summed E-state index contributed by atoms with van der Waals surface area (Å²) < 4.78 is 1.06. The minimum Gasteiger partial charge on any atom is -0.354 e. The summed E-state index contributed by atoms with van der Waals surface area (Å²) in [5.74, 6) is 1.17. The molecule has 6 heteroatoms. The van der Waals surface area contributed by atoms with Gasteiger partial charge in [0, 0.05) is 16.7 Å². The van der Waals surface area contributed by atoms with E-state index in [9.17, 15) is 0 Å². The van der Waals surface area contributed by atoms with Gasteiger partial charge in [0.05, 0.1) is 6.20 Å². The van der Waals surface area contributed by atoms with E-state index < -0.39 is 0 Å². The fraction of sp³-hybridized carbons (Fsp3) is 0.286. The number of benzene rings is 1. The van der Waals surface area contributed by atoms with Crippen molar-refractivity contribution in [3.8, 4) is 0 Å². The molecule has 0 amide bonds. The van der Waals surface area contributed by atoms with Crippen LogP contribution >= 0.6 is 27.5 Å². The van der Waals surface area contributed by atoms with Crippen molar-refractivity contribution >= 4 is 45.0 Å². The minimum atomic E-state index is 0.497. The Morgan fingerprint density at radius 3 is 2.80 bits per heavy atom. The van der Waals surface area contributed by atoms with Crippen LogP contribution in [-0.2, 0) is 6.42 Å². The standard InChI is InChI=1S/C14H16BrClN4/c1-3-9-7-10(15)5-6-12(9)19-13-11(16)8-18-14(20-13)17-4-2/h5-8H,3-4H2,1-2H3,(H2,17,18,19,20). The summed E-state index contributed by atoms with van der Waals surface area (Å²) in [6.45, 7) is 4.87. The van der Waals surface area contributed by atoms with Crippen LogP contribution in [0.25, 0.3) is 0 Å². The molecule has 2 aromatic rings. The predicted molar refractivity (Wildman–Crippen MR) is 88.0 cm³/mol. The highest BCUT2D eigenvalue weighted by molar-refractivity contribution is 9.10. The van der Waals surface area contributed by atoms with Crippen molar-refractivity contribution < 1.29 is 0 Å². The van der Waals surface area contributed by atoms with E-state index in [2.05, 4.69) is 49.5 Å². The third kappa shape index (κ3) is 3.61. The molecule has 0 aliphatic rings. The SMILES string of the molecule is CCNc1ncc(Cl)c(Nc2ccc(Br)cc2CC)n1. The molecule has 1 aromatic carbocycles. The average molecular weight is 356 g/mol. The highest BCUT2D eigenvalue weighted by Crippen LogP contribution is 2.28. The summed E-state index contributed by atoms with van der Waals surface area (Å²) in [6, 6.07) is 6.08. The van der Waals surface area contributed by atoms with Crippen LogP contribution in [0.4, 0.5) is 17.5 Å². The van der Waals surface area contributed by atoms with Gasteiger partial charge in [-0.1, -0.05) is 34.5 Å². The third-order valence-electron chi connectivity index (χ3n) is 2.78. The van der Waals surface area contributed by atoms with Gasteiger partial charge in [0.2, 0.25) is 5.95 Å². The average Bonchev–Trinajstić information content (AvgIpc) is 2.44. The first-order chi connectivity index (χ1) is 9.63. The smallest absolute Gasteiger partial charge is 0.224 e. The van der Waals surface area contributed by atoms with E-state index in [1.165, 1.54) is 5.56 Å². The molecule has 0 spiro atoms. The fourth-order valence-corrected chi connectivity index (χ4v) is 2.35. The Morgan fingerprint density at radius 2 is 2.10 bits per heavy atom. The Balaban J connectivity index is 2.31. The molecular weight excluding hydrogens is 340 g/mol. The van der Waals surface area contributed by atoms with Crippen LogP contribution in [0.2, 0.25) is 5.02 Å². The van der Waals surface area contributed by atoms with E-state index in [1.807, 2.05) is 19.1 Å². The number of anilines is 3. The second kappa shape index (κ2) is 6.90. The van der Waals surface area contributed by atoms with Crippen LogP contribution in [0.15, 0.2) is 28.9 Å². The lowest BCUT2D eigenvalue weighted by atomic mass is 10.1. The third-order valence-corrected chi connectivity index (χ3v) is 3.55. The van der Waals surface area contributed by atoms with Gasteiger partial charge in [-0.05, 0) is 37.1 Å². The summed E-state index contributed by atoms with van der Waals surface area (Å²) in [4.78, 5) is 8.50. The van der Waals surface area contributed by atoms with Gasteiger partial charge in [0.15, 0.2) is 5.82 Å². The number of aromatic nitrogens is 2. The van der Waals surface area contributed by atoms with Gasteiger partial charge in [0.1, 0.15) is 5.02 Å². The lowest BCUT2D eigenvalue weighted by Crippen LogP contribution is -2.05. The Labute approximate surface area is 132 Å². The molecule has 1 aromatic heterocycles. The van der Waals surface area contributed by atoms with Gasteiger partial charge in [-0.15, -0.1) is 0 Å². The quantitative estimate of drug-likeness (QED) is 0.821. The molecular formula is C14H16BrClN4. The molecule has 0 bridgehead atoms. The summed E-state index contributed by atoms with van der Waals surface area (Å²) >= 11 is 9.63. The number of aryl methyl sites for hydroxylation is 1. The lowest BCUT2D eigenvalue weighted by Gasteiger charge is -2.12. The molecule has 0 radical (unpaired) electrons. The van der Waals surface area contributed by atoms with Crippen molar-refractivity contribution in [3.05, 3.63) is 39.5 Å². The Hall–Kier alpha value is -1.33. The molecule has 4 nitrogen and oxygen atoms in total. The molecule has 0 saturated heterocycles. The number of rotatable bonds is 5. The van der Waals surface area contributed by atoms with Crippen molar-refractivity contribution in [2.75, 3.05) is 17.2 Å². The second-order valence-corrected chi connectivity index (χ2v) is 5.52. The highest BCUT2D eigenvalue weighted by Gasteiger charge is 2.08. The summed E-state index contributed by atoms with van der Waals surface area (Å²) in [6.07, 6.45) is 2.52. The molecule has 0 aliphatic carbocycles. The molecule has 0 unspecified atom stereocenters.